The van der Waals surface area contributed by atoms with E-state index in [4.69, 9.17) is 0 Å². The highest BCUT2D eigenvalue weighted by molar-refractivity contribution is 8.04. The summed E-state index contributed by atoms with van der Waals surface area (Å²) in [5.74, 6) is 0.673. The van der Waals surface area contributed by atoms with Crippen molar-refractivity contribution in [2.24, 2.45) is 0 Å². The fraction of sp³-hybridized carbons (Fsp3) is 0.286. The number of ketones is 1. The molecule has 2 heterocycles. The molecule has 3 rings (SSSR count). The molecule has 18 heavy (non-hydrogen) atoms. The Kier molecular flexibility index (Phi) is 2.96. The zero-order valence-electron chi connectivity index (χ0n) is 9.89. The number of benzene rings is 1. The van der Waals surface area contributed by atoms with Gasteiger partial charge in [0.05, 0.1) is 10.8 Å². The molecule has 0 spiro atoms. The normalized spacial score (nSPS) is 19.1. The Morgan fingerprint density at radius 1 is 1.22 bits per heavy atom. The van der Waals surface area contributed by atoms with E-state index in [1.165, 1.54) is 11.8 Å². The third kappa shape index (κ3) is 1.86. The Morgan fingerprint density at radius 3 is 2.78 bits per heavy atom. The van der Waals surface area contributed by atoms with E-state index >= 15 is 0 Å². The highest BCUT2D eigenvalue weighted by Crippen LogP contribution is 2.37. The Bertz CT molecular complexity index is 536. The molecule has 1 fully saturated rings. The van der Waals surface area contributed by atoms with Gasteiger partial charge in [-0.05, 0) is 12.8 Å². The molecule has 0 unspecified atom stereocenters. The summed E-state index contributed by atoms with van der Waals surface area (Å²) in [5, 5.41) is 0.889. The van der Waals surface area contributed by atoms with Gasteiger partial charge >= 0.3 is 0 Å². The van der Waals surface area contributed by atoms with E-state index in [1.54, 1.807) is 4.90 Å². The van der Waals surface area contributed by atoms with E-state index in [2.05, 4.69) is 0 Å². The highest BCUT2D eigenvalue weighted by atomic mass is 32.2. The second-order valence-corrected chi connectivity index (χ2v) is 5.38. The minimum Gasteiger partial charge on any atom is -0.306 e. The third-order valence-electron chi connectivity index (χ3n) is 3.26. The van der Waals surface area contributed by atoms with Crippen LogP contribution in [-0.4, -0.2) is 28.9 Å². The number of fused-ring (bicyclic) bond motifs is 1. The van der Waals surface area contributed by atoms with Crippen LogP contribution in [0.2, 0.25) is 0 Å². The fourth-order valence-corrected chi connectivity index (χ4v) is 3.50. The molecule has 3 nitrogen and oxygen atoms in total. The first kappa shape index (κ1) is 11.5. The summed E-state index contributed by atoms with van der Waals surface area (Å²) in [6, 6.07) is 9.29. The van der Waals surface area contributed by atoms with Crippen LogP contribution in [0.25, 0.3) is 0 Å². The molecule has 1 saturated heterocycles. The van der Waals surface area contributed by atoms with E-state index in [-0.39, 0.29) is 11.7 Å². The average Bonchev–Trinajstić information content (AvgIpc) is 2.81. The molecule has 1 amide bonds. The summed E-state index contributed by atoms with van der Waals surface area (Å²) >= 11 is 1.50. The van der Waals surface area contributed by atoms with Gasteiger partial charge in [0, 0.05) is 17.7 Å². The van der Waals surface area contributed by atoms with Crippen LogP contribution in [0, 0.1) is 0 Å². The minimum absolute atomic E-state index is 0.0671. The van der Waals surface area contributed by atoms with E-state index < -0.39 is 0 Å². The molecule has 0 bridgehead atoms. The topological polar surface area (TPSA) is 37.4 Å². The van der Waals surface area contributed by atoms with E-state index in [9.17, 15) is 9.59 Å². The van der Waals surface area contributed by atoms with Gasteiger partial charge in [-0.3, -0.25) is 9.59 Å². The number of hydrogen-bond acceptors (Lipinski definition) is 3. The summed E-state index contributed by atoms with van der Waals surface area (Å²) < 4.78 is 0. The van der Waals surface area contributed by atoms with Crippen molar-refractivity contribution in [2.45, 2.75) is 12.8 Å². The van der Waals surface area contributed by atoms with Crippen molar-refractivity contribution < 1.29 is 9.59 Å². The van der Waals surface area contributed by atoms with Crippen LogP contribution in [0.1, 0.15) is 23.2 Å². The molecular formula is C14H13NO2S. The first-order chi connectivity index (χ1) is 8.77. The van der Waals surface area contributed by atoms with Gasteiger partial charge < -0.3 is 4.90 Å². The van der Waals surface area contributed by atoms with Gasteiger partial charge in [0.1, 0.15) is 0 Å². The number of hydrogen-bond donors (Lipinski definition) is 0. The number of nitrogens with zero attached hydrogens (tertiary/aromatic N) is 1. The summed E-state index contributed by atoms with van der Waals surface area (Å²) in [6.07, 6.45) is 1.66. The molecule has 2 aliphatic heterocycles. The largest absolute Gasteiger partial charge is 0.306 e. The van der Waals surface area contributed by atoms with E-state index in [0.29, 0.717) is 11.3 Å². The molecular weight excluding hydrogens is 246 g/mol. The lowest BCUT2D eigenvalue weighted by Gasteiger charge is -2.25. The van der Waals surface area contributed by atoms with Crippen molar-refractivity contribution in [3.8, 4) is 0 Å². The monoisotopic (exact) mass is 259 g/mol. The lowest BCUT2D eigenvalue weighted by molar-refractivity contribution is -0.125. The van der Waals surface area contributed by atoms with Crippen LogP contribution in [0.15, 0.2) is 40.9 Å². The molecule has 4 heteroatoms. The lowest BCUT2D eigenvalue weighted by Crippen LogP contribution is -2.30. The Hall–Kier alpha value is -1.55. The highest BCUT2D eigenvalue weighted by Gasteiger charge is 2.34. The van der Waals surface area contributed by atoms with Crippen LogP contribution in [0.3, 0.4) is 0 Å². The molecule has 0 radical (unpaired) electrons. The Balaban J connectivity index is 1.99. The van der Waals surface area contributed by atoms with Crippen LogP contribution in [0.4, 0.5) is 0 Å². The molecule has 2 aliphatic rings. The molecule has 0 N–H and O–H groups in total. The molecule has 0 aromatic heterocycles. The second-order valence-electron chi connectivity index (χ2n) is 4.42. The third-order valence-corrected chi connectivity index (χ3v) is 4.39. The fourth-order valence-electron chi connectivity index (χ4n) is 2.37. The van der Waals surface area contributed by atoms with Gasteiger partial charge in [-0.25, -0.2) is 0 Å². The quantitative estimate of drug-likeness (QED) is 0.766. The Labute approximate surface area is 110 Å². The molecule has 1 aromatic carbocycles. The predicted octanol–water partition coefficient (Wildman–Crippen LogP) is 2.45. The summed E-state index contributed by atoms with van der Waals surface area (Å²) in [7, 11) is 0. The zero-order valence-corrected chi connectivity index (χ0v) is 10.7. The van der Waals surface area contributed by atoms with Gasteiger partial charge in [-0.1, -0.05) is 42.1 Å². The smallest absolute Gasteiger partial charge is 0.237 e. The van der Waals surface area contributed by atoms with Crippen molar-refractivity contribution in [2.75, 3.05) is 12.3 Å². The maximum atomic E-state index is 12.4. The van der Waals surface area contributed by atoms with E-state index in [1.807, 2.05) is 30.3 Å². The Morgan fingerprint density at radius 2 is 2.00 bits per heavy atom. The molecule has 92 valence electrons. The second kappa shape index (κ2) is 4.61. The maximum Gasteiger partial charge on any atom is 0.237 e. The molecule has 0 atom stereocenters. The molecule has 0 aliphatic carbocycles. The van der Waals surface area contributed by atoms with Crippen LogP contribution < -0.4 is 0 Å². The van der Waals surface area contributed by atoms with Crippen molar-refractivity contribution in [3.05, 3.63) is 46.5 Å². The summed E-state index contributed by atoms with van der Waals surface area (Å²) in [4.78, 5) is 25.9. The van der Waals surface area contributed by atoms with Gasteiger partial charge in [0.15, 0.2) is 5.78 Å². The van der Waals surface area contributed by atoms with E-state index in [0.717, 1.165) is 30.0 Å². The number of Topliss-reactive ketones (excluding diaryl/α,β-unsaturated/α-hetero) is 1. The van der Waals surface area contributed by atoms with Gasteiger partial charge in [-0.2, -0.15) is 0 Å². The lowest BCUT2D eigenvalue weighted by atomic mass is 9.98. The molecule has 1 aromatic rings. The zero-order chi connectivity index (χ0) is 12.5. The average molecular weight is 259 g/mol. The maximum absolute atomic E-state index is 12.4. The van der Waals surface area contributed by atoms with Crippen LogP contribution in [-0.2, 0) is 4.79 Å². The number of thioether (sulfide) groups is 1. The van der Waals surface area contributed by atoms with Crippen molar-refractivity contribution in [3.63, 3.8) is 0 Å². The predicted molar refractivity (Wildman–Crippen MR) is 71.2 cm³/mol. The van der Waals surface area contributed by atoms with Gasteiger partial charge in [0.2, 0.25) is 5.91 Å². The van der Waals surface area contributed by atoms with Crippen molar-refractivity contribution in [1.29, 1.82) is 0 Å². The number of allylic oxidation sites excluding steroid dienone is 1. The minimum atomic E-state index is 0.0671. The number of amides is 1. The SMILES string of the molecule is O=C(C1=C2SCC(=O)N2CCC1)c1ccccc1. The first-order valence-electron chi connectivity index (χ1n) is 6.03. The number of carbonyl (C=O) groups excluding carboxylic acids is 2. The molecule has 0 saturated carbocycles. The summed E-state index contributed by atoms with van der Waals surface area (Å²) in [5.41, 5.74) is 1.52. The van der Waals surface area contributed by atoms with Crippen LogP contribution >= 0.6 is 11.8 Å². The standard InChI is InChI=1S/C14H13NO2S/c16-12-9-18-14-11(7-4-8-15(12)14)13(17)10-5-2-1-3-6-10/h1-3,5-6H,4,7-9H2. The van der Waals surface area contributed by atoms with Gasteiger partial charge in [0.25, 0.3) is 0 Å². The number of carbonyl (C=O) groups is 2. The van der Waals surface area contributed by atoms with Gasteiger partial charge in [-0.15, -0.1) is 0 Å². The van der Waals surface area contributed by atoms with Crippen molar-refractivity contribution in [1.82, 2.24) is 4.90 Å². The number of rotatable bonds is 2. The van der Waals surface area contributed by atoms with Crippen LogP contribution in [0.5, 0.6) is 0 Å². The first-order valence-corrected chi connectivity index (χ1v) is 7.02. The van der Waals surface area contributed by atoms with Crippen molar-refractivity contribution >= 4 is 23.5 Å². The summed E-state index contributed by atoms with van der Waals surface area (Å²) in [6.45, 7) is 0.757.